The molecule has 19 heavy (non-hydrogen) atoms. The predicted octanol–water partition coefficient (Wildman–Crippen LogP) is 1.79. The first-order chi connectivity index (χ1) is 8.95. The molecule has 0 aromatic rings. The van der Waals surface area contributed by atoms with Gasteiger partial charge in [-0.05, 0) is 39.8 Å². The van der Waals surface area contributed by atoms with Crippen LogP contribution in [-0.2, 0) is 9.59 Å². The number of ketones is 1. The maximum atomic E-state index is 12.4. The molecule has 1 amide bonds. The zero-order valence-electron chi connectivity index (χ0n) is 12.8. The highest BCUT2D eigenvalue weighted by atomic mass is 16.2. The highest BCUT2D eigenvalue weighted by Crippen LogP contribution is 2.19. The van der Waals surface area contributed by atoms with E-state index in [-0.39, 0.29) is 23.5 Å². The van der Waals surface area contributed by atoms with Crippen LogP contribution < -0.4 is 0 Å². The van der Waals surface area contributed by atoms with Crippen molar-refractivity contribution in [2.24, 2.45) is 11.8 Å². The summed E-state index contributed by atoms with van der Waals surface area (Å²) in [7, 11) is 2.06. The SMILES string of the molecule is CCCN(C)CC(C)C(=O)N1CCCC(C(C)=O)C1. The van der Waals surface area contributed by atoms with E-state index in [1.54, 1.807) is 6.92 Å². The summed E-state index contributed by atoms with van der Waals surface area (Å²) in [5.41, 5.74) is 0. The third kappa shape index (κ3) is 4.94. The van der Waals surface area contributed by atoms with E-state index in [9.17, 15) is 9.59 Å². The zero-order valence-corrected chi connectivity index (χ0v) is 12.8. The molecule has 1 aliphatic rings. The van der Waals surface area contributed by atoms with Gasteiger partial charge in [-0.3, -0.25) is 9.59 Å². The number of piperidine rings is 1. The number of hydrogen-bond acceptors (Lipinski definition) is 3. The Labute approximate surface area is 117 Å². The van der Waals surface area contributed by atoms with E-state index in [1.165, 1.54) is 0 Å². The first kappa shape index (κ1) is 16.2. The first-order valence-electron chi connectivity index (χ1n) is 7.43. The lowest BCUT2D eigenvalue weighted by Gasteiger charge is -2.34. The Bertz CT molecular complexity index is 317. The van der Waals surface area contributed by atoms with Crippen molar-refractivity contribution in [3.63, 3.8) is 0 Å². The Morgan fingerprint density at radius 3 is 2.68 bits per heavy atom. The average molecular weight is 268 g/mol. The summed E-state index contributed by atoms with van der Waals surface area (Å²) in [6, 6.07) is 0. The lowest BCUT2D eigenvalue weighted by Crippen LogP contribution is -2.46. The van der Waals surface area contributed by atoms with Crippen LogP contribution in [0.2, 0.25) is 0 Å². The molecule has 0 saturated carbocycles. The van der Waals surface area contributed by atoms with Crippen molar-refractivity contribution in [1.29, 1.82) is 0 Å². The van der Waals surface area contributed by atoms with E-state index < -0.39 is 0 Å². The van der Waals surface area contributed by atoms with Crippen LogP contribution in [0.1, 0.15) is 40.0 Å². The van der Waals surface area contributed by atoms with Gasteiger partial charge in [-0.1, -0.05) is 13.8 Å². The topological polar surface area (TPSA) is 40.6 Å². The summed E-state index contributed by atoms with van der Waals surface area (Å²) >= 11 is 0. The molecule has 4 nitrogen and oxygen atoms in total. The number of Topliss-reactive ketones (excluding diaryl/α,β-unsaturated/α-hetero) is 1. The fraction of sp³-hybridized carbons (Fsp3) is 0.867. The number of likely N-dealkylation sites (tertiary alicyclic amines) is 1. The van der Waals surface area contributed by atoms with Crippen LogP contribution in [0.25, 0.3) is 0 Å². The van der Waals surface area contributed by atoms with Gasteiger partial charge in [0.05, 0.1) is 0 Å². The number of carbonyl (C=O) groups excluding carboxylic acids is 2. The molecule has 4 heteroatoms. The van der Waals surface area contributed by atoms with E-state index in [4.69, 9.17) is 0 Å². The molecule has 0 bridgehead atoms. The molecule has 0 N–H and O–H groups in total. The van der Waals surface area contributed by atoms with Crippen molar-refractivity contribution in [2.45, 2.75) is 40.0 Å². The van der Waals surface area contributed by atoms with Crippen LogP contribution in [0, 0.1) is 11.8 Å². The molecule has 110 valence electrons. The Kier molecular flexibility index (Phi) is 6.49. The van der Waals surface area contributed by atoms with Crippen LogP contribution in [0.4, 0.5) is 0 Å². The van der Waals surface area contributed by atoms with Gasteiger partial charge in [-0.15, -0.1) is 0 Å². The van der Waals surface area contributed by atoms with Crippen LogP contribution in [0.5, 0.6) is 0 Å². The molecule has 0 aliphatic carbocycles. The molecule has 1 aliphatic heterocycles. The normalized spacial score (nSPS) is 21.5. The number of amides is 1. The third-order valence-electron chi connectivity index (χ3n) is 3.92. The van der Waals surface area contributed by atoms with Gasteiger partial charge in [0.15, 0.2) is 0 Å². The standard InChI is InChI=1S/C15H28N2O2/c1-5-8-16(4)10-12(2)15(19)17-9-6-7-14(11-17)13(3)18/h12,14H,5-11H2,1-4H3. The molecule has 1 heterocycles. The van der Waals surface area contributed by atoms with Crippen molar-refractivity contribution in [1.82, 2.24) is 9.80 Å². The van der Waals surface area contributed by atoms with Crippen molar-refractivity contribution < 1.29 is 9.59 Å². The number of rotatable bonds is 6. The summed E-state index contributed by atoms with van der Waals surface area (Å²) in [5.74, 6) is 0.489. The molecule has 1 rings (SSSR count). The number of hydrogen-bond donors (Lipinski definition) is 0. The van der Waals surface area contributed by atoms with Gasteiger partial charge < -0.3 is 9.80 Å². The van der Waals surface area contributed by atoms with Crippen LogP contribution >= 0.6 is 0 Å². The molecule has 0 spiro atoms. The van der Waals surface area contributed by atoms with Gasteiger partial charge in [0.1, 0.15) is 5.78 Å². The van der Waals surface area contributed by atoms with Crippen molar-refractivity contribution in [2.75, 3.05) is 33.2 Å². The largest absolute Gasteiger partial charge is 0.342 e. The monoisotopic (exact) mass is 268 g/mol. The second-order valence-electron chi connectivity index (χ2n) is 5.90. The molecule has 1 saturated heterocycles. The lowest BCUT2D eigenvalue weighted by atomic mass is 9.93. The van der Waals surface area contributed by atoms with E-state index in [1.807, 2.05) is 11.8 Å². The second kappa shape index (κ2) is 7.63. The predicted molar refractivity (Wildman–Crippen MR) is 76.9 cm³/mol. The van der Waals surface area contributed by atoms with Crippen LogP contribution in [0.3, 0.4) is 0 Å². The molecule has 2 atom stereocenters. The van der Waals surface area contributed by atoms with E-state index in [2.05, 4.69) is 18.9 Å². The van der Waals surface area contributed by atoms with Crippen LogP contribution in [-0.4, -0.2) is 54.7 Å². The fourth-order valence-electron chi connectivity index (χ4n) is 2.84. The maximum Gasteiger partial charge on any atom is 0.226 e. The zero-order chi connectivity index (χ0) is 14.4. The summed E-state index contributed by atoms with van der Waals surface area (Å²) in [5, 5.41) is 0. The summed E-state index contributed by atoms with van der Waals surface area (Å²) < 4.78 is 0. The Hall–Kier alpha value is -0.900. The molecular weight excluding hydrogens is 240 g/mol. The van der Waals surface area contributed by atoms with E-state index >= 15 is 0 Å². The van der Waals surface area contributed by atoms with Gasteiger partial charge in [0, 0.05) is 31.5 Å². The maximum absolute atomic E-state index is 12.4. The van der Waals surface area contributed by atoms with Gasteiger partial charge in [-0.2, -0.15) is 0 Å². The highest BCUT2D eigenvalue weighted by Gasteiger charge is 2.28. The summed E-state index contributed by atoms with van der Waals surface area (Å²) in [4.78, 5) is 27.9. The smallest absolute Gasteiger partial charge is 0.226 e. The molecule has 2 unspecified atom stereocenters. The van der Waals surface area contributed by atoms with Gasteiger partial charge in [0.25, 0.3) is 0 Å². The Morgan fingerprint density at radius 2 is 2.11 bits per heavy atom. The van der Waals surface area contributed by atoms with Crippen LogP contribution in [0.15, 0.2) is 0 Å². The molecule has 0 radical (unpaired) electrons. The highest BCUT2D eigenvalue weighted by molar-refractivity contribution is 5.82. The molecular formula is C15H28N2O2. The average Bonchev–Trinajstić information content (AvgIpc) is 2.38. The quantitative estimate of drug-likeness (QED) is 0.737. The third-order valence-corrected chi connectivity index (χ3v) is 3.92. The molecule has 1 fully saturated rings. The van der Waals surface area contributed by atoms with Gasteiger partial charge >= 0.3 is 0 Å². The fourth-order valence-corrected chi connectivity index (χ4v) is 2.84. The summed E-state index contributed by atoms with van der Waals surface area (Å²) in [6.07, 6.45) is 2.99. The van der Waals surface area contributed by atoms with Gasteiger partial charge in [-0.25, -0.2) is 0 Å². The van der Waals surface area contributed by atoms with Gasteiger partial charge in [0.2, 0.25) is 5.91 Å². The second-order valence-corrected chi connectivity index (χ2v) is 5.90. The Morgan fingerprint density at radius 1 is 1.42 bits per heavy atom. The van der Waals surface area contributed by atoms with Crippen molar-refractivity contribution in [3.05, 3.63) is 0 Å². The minimum absolute atomic E-state index is 0.0160. The first-order valence-corrected chi connectivity index (χ1v) is 7.43. The summed E-state index contributed by atoms with van der Waals surface area (Å²) in [6.45, 7) is 9.02. The molecule has 0 aromatic carbocycles. The van der Waals surface area contributed by atoms with E-state index in [0.29, 0.717) is 6.54 Å². The Balaban J connectivity index is 2.49. The molecule has 0 aromatic heterocycles. The van der Waals surface area contributed by atoms with Crippen molar-refractivity contribution in [3.8, 4) is 0 Å². The number of carbonyl (C=O) groups is 2. The lowest BCUT2D eigenvalue weighted by molar-refractivity contribution is -0.138. The van der Waals surface area contributed by atoms with Crippen molar-refractivity contribution >= 4 is 11.7 Å². The number of nitrogens with zero attached hydrogens (tertiary/aromatic N) is 2. The minimum Gasteiger partial charge on any atom is -0.342 e. The minimum atomic E-state index is 0.0160. The van der Waals surface area contributed by atoms with E-state index in [0.717, 1.165) is 38.9 Å².